The lowest BCUT2D eigenvalue weighted by Crippen LogP contribution is -2.46. The molecule has 1 fully saturated rings. The van der Waals surface area contributed by atoms with Crippen LogP contribution in [0.5, 0.6) is 5.75 Å². The van der Waals surface area contributed by atoms with Crippen molar-refractivity contribution in [3.63, 3.8) is 0 Å². The van der Waals surface area contributed by atoms with Crippen molar-refractivity contribution in [2.24, 2.45) is 0 Å². The van der Waals surface area contributed by atoms with Gasteiger partial charge in [-0.1, -0.05) is 12.1 Å². The SMILES string of the molecule is CCOc1ccc(CCC(=O)NCCN2CCNCC2)cc1. The number of rotatable bonds is 8. The molecule has 1 aliphatic rings. The highest BCUT2D eigenvalue weighted by Crippen LogP contribution is 2.13. The summed E-state index contributed by atoms with van der Waals surface area (Å²) in [6.07, 6.45) is 1.31. The minimum absolute atomic E-state index is 0.129. The highest BCUT2D eigenvalue weighted by Gasteiger charge is 2.09. The second-order valence-corrected chi connectivity index (χ2v) is 5.52. The van der Waals surface area contributed by atoms with E-state index >= 15 is 0 Å². The molecule has 5 heteroatoms. The molecule has 122 valence electrons. The van der Waals surface area contributed by atoms with E-state index in [9.17, 15) is 4.79 Å². The van der Waals surface area contributed by atoms with E-state index in [0.29, 0.717) is 13.0 Å². The summed E-state index contributed by atoms with van der Waals surface area (Å²) in [6.45, 7) is 8.56. The molecule has 0 saturated carbocycles. The Kier molecular flexibility index (Phi) is 7.19. The molecule has 0 spiro atoms. The van der Waals surface area contributed by atoms with Crippen molar-refractivity contribution in [3.05, 3.63) is 29.8 Å². The maximum atomic E-state index is 11.9. The Labute approximate surface area is 133 Å². The monoisotopic (exact) mass is 305 g/mol. The summed E-state index contributed by atoms with van der Waals surface area (Å²) in [6, 6.07) is 7.97. The van der Waals surface area contributed by atoms with Crippen LogP contribution in [0.2, 0.25) is 0 Å². The zero-order chi connectivity index (χ0) is 15.6. The van der Waals surface area contributed by atoms with Gasteiger partial charge < -0.3 is 15.4 Å². The Morgan fingerprint density at radius 1 is 1.27 bits per heavy atom. The van der Waals surface area contributed by atoms with Crippen molar-refractivity contribution in [2.75, 3.05) is 45.9 Å². The maximum absolute atomic E-state index is 11.9. The molecule has 0 atom stereocenters. The van der Waals surface area contributed by atoms with Crippen molar-refractivity contribution >= 4 is 5.91 Å². The molecule has 0 bridgehead atoms. The molecule has 2 rings (SSSR count). The van der Waals surface area contributed by atoms with Gasteiger partial charge in [0.2, 0.25) is 5.91 Å². The summed E-state index contributed by atoms with van der Waals surface area (Å²) in [7, 11) is 0. The van der Waals surface area contributed by atoms with Crippen LogP contribution < -0.4 is 15.4 Å². The Morgan fingerprint density at radius 2 is 2.00 bits per heavy atom. The average Bonchev–Trinajstić information content (AvgIpc) is 2.55. The minimum Gasteiger partial charge on any atom is -0.494 e. The molecule has 0 aliphatic carbocycles. The van der Waals surface area contributed by atoms with Crippen LogP contribution in [0.3, 0.4) is 0 Å². The molecule has 0 aromatic heterocycles. The molecular formula is C17H27N3O2. The van der Waals surface area contributed by atoms with Crippen LogP contribution in [-0.4, -0.2) is 56.7 Å². The average molecular weight is 305 g/mol. The molecule has 0 unspecified atom stereocenters. The number of hydrogen-bond donors (Lipinski definition) is 2. The fourth-order valence-electron chi connectivity index (χ4n) is 2.55. The molecule has 2 N–H and O–H groups in total. The zero-order valence-corrected chi connectivity index (χ0v) is 13.4. The smallest absolute Gasteiger partial charge is 0.220 e. The van der Waals surface area contributed by atoms with Crippen molar-refractivity contribution in [3.8, 4) is 5.75 Å². The summed E-state index contributed by atoms with van der Waals surface area (Å²) in [5.41, 5.74) is 1.17. The van der Waals surface area contributed by atoms with Gasteiger partial charge in [0.1, 0.15) is 5.75 Å². The quantitative estimate of drug-likeness (QED) is 0.753. The number of aryl methyl sites for hydroxylation is 1. The van der Waals surface area contributed by atoms with E-state index in [1.165, 1.54) is 5.56 Å². The van der Waals surface area contributed by atoms with Crippen LogP contribution in [0.25, 0.3) is 0 Å². The first-order valence-electron chi connectivity index (χ1n) is 8.19. The Morgan fingerprint density at radius 3 is 2.68 bits per heavy atom. The topological polar surface area (TPSA) is 53.6 Å². The van der Waals surface area contributed by atoms with Gasteiger partial charge in [-0.05, 0) is 31.0 Å². The first kappa shape index (κ1) is 16.8. The van der Waals surface area contributed by atoms with Gasteiger partial charge in [0.05, 0.1) is 6.61 Å². The number of nitrogens with one attached hydrogen (secondary N) is 2. The van der Waals surface area contributed by atoms with Crippen LogP contribution in [0.4, 0.5) is 0 Å². The predicted octanol–water partition coefficient (Wildman–Crippen LogP) is 1.04. The van der Waals surface area contributed by atoms with Crippen molar-refractivity contribution in [1.82, 2.24) is 15.5 Å². The van der Waals surface area contributed by atoms with E-state index in [1.807, 2.05) is 31.2 Å². The zero-order valence-electron chi connectivity index (χ0n) is 13.4. The van der Waals surface area contributed by atoms with Crippen molar-refractivity contribution in [1.29, 1.82) is 0 Å². The van der Waals surface area contributed by atoms with Gasteiger partial charge in [-0.15, -0.1) is 0 Å². The molecular weight excluding hydrogens is 278 g/mol. The molecule has 1 aliphatic heterocycles. The Bertz CT molecular complexity index is 442. The highest BCUT2D eigenvalue weighted by atomic mass is 16.5. The van der Waals surface area contributed by atoms with Crippen LogP contribution in [0.15, 0.2) is 24.3 Å². The first-order chi connectivity index (χ1) is 10.8. The molecule has 1 heterocycles. The fraction of sp³-hybridized carbons (Fsp3) is 0.588. The van der Waals surface area contributed by atoms with Crippen LogP contribution >= 0.6 is 0 Å². The van der Waals surface area contributed by atoms with E-state index in [1.54, 1.807) is 0 Å². The second-order valence-electron chi connectivity index (χ2n) is 5.52. The van der Waals surface area contributed by atoms with Gasteiger partial charge in [-0.3, -0.25) is 9.69 Å². The van der Waals surface area contributed by atoms with Gasteiger partial charge in [0.25, 0.3) is 0 Å². The van der Waals surface area contributed by atoms with Gasteiger partial charge in [0.15, 0.2) is 0 Å². The van der Waals surface area contributed by atoms with E-state index in [0.717, 1.165) is 51.4 Å². The highest BCUT2D eigenvalue weighted by molar-refractivity contribution is 5.76. The standard InChI is InChI=1S/C17H27N3O2/c1-2-22-16-6-3-15(4-7-16)5-8-17(21)19-11-14-20-12-9-18-10-13-20/h3-4,6-7,18H,2,5,8-14H2,1H3,(H,19,21). The minimum atomic E-state index is 0.129. The van der Waals surface area contributed by atoms with Crippen LogP contribution in [0.1, 0.15) is 18.9 Å². The van der Waals surface area contributed by atoms with Gasteiger partial charge >= 0.3 is 0 Å². The van der Waals surface area contributed by atoms with Crippen LogP contribution in [-0.2, 0) is 11.2 Å². The van der Waals surface area contributed by atoms with E-state index < -0.39 is 0 Å². The van der Waals surface area contributed by atoms with Crippen LogP contribution in [0, 0.1) is 0 Å². The van der Waals surface area contributed by atoms with E-state index in [2.05, 4.69) is 15.5 Å². The Balaban J connectivity index is 1.60. The molecule has 1 aromatic rings. The molecule has 0 radical (unpaired) electrons. The third-order valence-corrected chi connectivity index (χ3v) is 3.83. The van der Waals surface area contributed by atoms with Crippen molar-refractivity contribution < 1.29 is 9.53 Å². The molecule has 22 heavy (non-hydrogen) atoms. The largest absolute Gasteiger partial charge is 0.494 e. The Hall–Kier alpha value is -1.59. The molecule has 1 amide bonds. The third kappa shape index (κ3) is 6.03. The molecule has 1 saturated heterocycles. The van der Waals surface area contributed by atoms with E-state index in [-0.39, 0.29) is 5.91 Å². The summed E-state index contributed by atoms with van der Waals surface area (Å²) < 4.78 is 5.41. The normalized spacial score (nSPS) is 15.5. The lowest BCUT2D eigenvalue weighted by molar-refractivity contribution is -0.121. The van der Waals surface area contributed by atoms with Gasteiger partial charge in [-0.2, -0.15) is 0 Å². The number of ether oxygens (including phenoxy) is 1. The number of benzene rings is 1. The summed E-state index contributed by atoms with van der Waals surface area (Å²) in [4.78, 5) is 14.2. The number of nitrogens with zero attached hydrogens (tertiary/aromatic N) is 1. The molecule has 5 nitrogen and oxygen atoms in total. The van der Waals surface area contributed by atoms with E-state index in [4.69, 9.17) is 4.74 Å². The fourth-order valence-corrected chi connectivity index (χ4v) is 2.55. The summed E-state index contributed by atoms with van der Waals surface area (Å²) in [5.74, 6) is 1.01. The maximum Gasteiger partial charge on any atom is 0.220 e. The van der Waals surface area contributed by atoms with Gasteiger partial charge in [-0.25, -0.2) is 0 Å². The lowest BCUT2D eigenvalue weighted by Gasteiger charge is -2.27. The number of piperazine rings is 1. The number of carbonyl (C=O) groups excluding carboxylic acids is 1. The third-order valence-electron chi connectivity index (χ3n) is 3.83. The van der Waals surface area contributed by atoms with Crippen molar-refractivity contribution in [2.45, 2.75) is 19.8 Å². The number of hydrogen-bond acceptors (Lipinski definition) is 4. The summed E-state index contributed by atoms with van der Waals surface area (Å²) >= 11 is 0. The lowest BCUT2D eigenvalue weighted by atomic mass is 10.1. The summed E-state index contributed by atoms with van der Waals surface area (Å²) in [5, 5.41) is 6.33. The first-order valence-corrected chi connectivity index (χ1v) is 8.19. The number of carbonyl (C=O) groups is 1. The number of amides is 1. The molecule has 1 aromatic carbocycles. The van der Waals surface area contributed by atoms with Gasteiger partial charge in [0, 0.05) is 45.7 Å². The second kappa shape index (κ2) is 9.43. The predicted molar refractivity (Wildman–Crippen MR) is 88.3 cm³/mol.